The number of para-hydroxylation sites is 3. The molecule has 0 saturated heterocycles. The van der Waals surface area contributed by atoms with Crippen LogP contribution in [-0.2, 0) is 43.2 Å². The van der Waals surface area contributed by atoms with Crippen LogP contribution in [0, 0.1) is 42.7 Å². The maximum Gasteiger partial charge on any atom is 0.335 e. The van der Waals surface area contributed by atoms with Gasteiger partial charge in [-0.2, -0.15) is 12.9 Å². The van der Waals surface area contributed by atoms with Gasteiger partial charge in [0.05, 0.1) is 20.3 Å². The molecule has 1 aliphatic rings. The van der Waals surface area contributed by atoms with Gasteiger partial charge in [-0.1, -0.05) is 42.3 Å². The third-order valence-electron chi connectivity index (χ3n) is 9.15. The van der Waals surface area contributed by atoms with Crippen molar-refractivity contribution in [1.82, 2.24) is 12.9 Å². The van der Waals surface area contributed by atoms with Gasteiger partial charge in [-0.15, -0.1) is 6.42 Å². The molecule has 4 aromatic carbocycles. The molecule has 24 heteroatoms. The summed E-state index contributed by atoms with van der Waals surface area (Å²) in [4.78, 5) is 43.4. The fourth-order valence-electron chi connectivity index (χ4n) is 6.46. The van der Waals surface area contributed by atoms with Crippen LogP contribution in [-0.4, -0.2) is 96.8 Å². The van der Waals surface area contributed by atoms with Gasteiger partial charge in [-0.25, -0.2) is 30.0 Å². The number of carboxylic acids is 1. The minimum absolute atomic E-state index is 0.202. The van der Waals surface area contributed by atoms with E-state index in [1.807, 2.05) is 0 Å². The van der Waals surface area contributed by atoms with Crippen LogP contribution < -0.4 is 4.74 Å². The average molecular weight is 887 g/mol. The standard InChI is InChI=1S/C36H34N6O15S3/c1-2-21-57-35-27-22-26(36(43)44)23-28(35)25-39(60(55,56)34-16-8-5-13-31(34)42(49)50)20-10-18-37(58(51,52)32-14-6-3-11-29(32)40(45)46)17-9-19-38(24-27)59(53,54)33-15-7-4-12-30(33)41(47)48/h1,3-8,11-16,22-23H,9-10,17-21,24-25H2,(H,43,44). The Bertz CT molecular complexity index is 2620. The Balaban J connectivity index is 1.77. The Morgan fingerprint density at radius 3 is 1.30 bits per heavy atom. The third-order valence-corrected chi connectivity index (χ3v) is 14.9. The van der Waals surface area contributed by atoms with E-state index in [4.69, 9.17) is 11.2 Å². The van der Waals surface area contributed by atoms with Gasteiger partial charge in [0.25, 0.3) is 17.1 Å². The summed E-state index contributed by atoms with van der Waals surface area (Å²) in [7, 11) is -14.7. The maximum absolute atomic E-state index is 14.4. The summed E-state index contributed by atoms with van der Waals surface area (Å²) in [6.07, 6.45) is 4.73. The lowest BCUT2D eigenvalue weighted by atomic mass is 10.0. The molecule has 0 spiro atoms. The molecule has 1 aliphatic heterocycles. The average Bonchev–Trinajstić information content (AvgIpc) is 3.21. The van der Waals surface area contributed by atoms with E-state index in [-0.39, 0.29) is 29.7 Å². The van der Waals surface area contributed by atoms with Crippen LogP contribution in [0.4, 0.5) is 17.1 Å². The highest BCUT2D eigenvalue weighted by molar-refractivity contribution is 7.89. The van der Waals surface area contributed by atoms with Gasteiger partial charge in [0.15, 0.2) is 14.7 Å². The van der Waals surface area contributed by atoms with Crippen LogP contribution in [0.2, 0.25) is 0 Å². The van der Waals surface area contributed by atoms with Gasteiger partial charge >= 0.3 is 5.97 Å². The highest BCUT2D eigenvalue weighted by Gasteiger charge is 2.37. The van der Waals surface area contributed by atoms with Gasteiger partial charge in [0.1, 0.15) is 12.4 Å². The summed E-state index contributed by atoms with van der Waals surface area (Å²) in [6.45, 7) is -4.33. The summed E-state index contributed by atoms with van der Waals surface area (Å²) >= 11 is 0. The zero-order valence-corrected chi connectivity index (χ0v) is 33.5. The summed E-state index contributed by atoms with van der Waals surface area (Å²) in [5.74, 6) is 0.417. The predicted molar refractivity (Wildman–Crippen MR) is 210 cm³/mol. The van der Waals surface area contributed by atoms with Crippen LogP contribution in [0.15, 0.2) is 99.6 Å². The Morgan fingerprint density at radius 1 is 0.633 bits per heavy atom. The normalized spacial score (nSPS) is 15.2. The molecule has 5 rings (SSSR count). The zero-order valence-electron chi connectivity index (χ0n) is 31.1. The SMILES string of the molecule is C#CCOc1c2cc(C(=O)O)cc1CN(S(=O)(=O)c1ccccc1[N+](=O)[O-])CCCN(S(=O)(=O)c1ccccc1[N+](=O)[O-])CCCN(S(=O)(=O)c1ccccc1[N+](=O)[O-])C2. The van der Waals surface area contributed by atoms with Crippen LogP contribution in [0.1, 0.15) is 34.3 Å². The van der Waals surface area contributed by atoms with Crippen molar-refractivity contribution in [2.45, 2.75) is 40.6 Å². The van der Waals surface area contributed by atoms with Crippen LogP contribution in [0.25, 0.3) is 0 Å². The molecule has 0 aliphatic carbocycles. The van der Waals surface area contributed by atoms with Gasteiger partial charge in [-0.05, 0) is 43.2 Å². The second kappa shape index (κ2) is 18.3. The van der Waals surface area contributed by atoms with Gasteiger partial charge in [0.2, 0.25) is 30.1 Å². The molecular weight excluding hydrogens is 853 g/mol. The van der Waals surface area contributed by atoms with Crippen molar-refractivity contribution >= 4 is 53.1 Å². The molecular formula is C36H34N6O15S3. The fraction of sp³-hybridized carbons (Fsp3) is 0.250. The molecule has 1 N–H and O–H groups in total. The van der Waals surface area contributed by atoms with Gasteiger partial charge in [-0.3, -0.25) is 30.3 Å². The topological polar surface area (TPSA) is 288 Å². The minimum Gasteiger partial charge on any atom is -0.480 e. The number of sulfonamides is 3. The van der Waals surface area contributed by atoms with Crippen molar-refractivity contribution in [3.8, 4) is 18.1 Å². The van der Waals surface area contributed by atoms with Crippen LogP contribution in [0.5, 0.6) is 5.75 Å². The molecule has 0 amide bonds. The fourth-order valence-corrected chi connectivity index (χ4v) is 11.4. The molecule has 0 aromatic heterocycles. The number of hydrogen-bond acceptors (Lipinski definition) is 14. The van der Waals surface area contributed by atoms with Crippen molar-refractivity contribution in [2.24, 2.45) is 0 Å². The molecule has 60 heavy (non-hydrogen) atoms. The quantitative estimate of drug-likeness (QED) is 0.120. The molecule has 1 heterocycles. The van der Waals surface area contributed by atoms with E-state index in [0.29, 0.717) is 8.61 Å². The van der Waals surface area contributed by atoms with E-state index in [0.717, 1.165) is 52.8 Å². The van der Waals surface area contributed by atoms with Gasteiger partial charge < -0.3 is 9.84 Å². The molecule has 0 unspecified atom stereocenters. The number of benzene rings is 4. The first-order valence-corrected chi connectivity index (χ1v) is 21.8. The maximum atomic E-state index is 14.4. The van der Waals surface area contributed by atoms with Crippen molar-refractivity contribution in [3.05, 3.63) is 132 Å². The summed E-state index contributed by atoms with van der Waals surface area (Å²) in [5.41, 5.74) is -3.31. The van der Waals surface area contributed by atoms with E-state index < -0.39 is 134 Å². The second-order valence-corrected chi connectivity index (χ2v) is 18.6. The minimum atomic E-state index is -4.93. The Kier molecular flexibility index (Phi) is 13.6. The molecule has 21 nitrogen and oxygen atoms in total. The number of carbonyl (C=O) groups is 1. The Labute approximate surface area is 343 Å². The molecule has 4 aromatic rings. The van der Waals surface area contributed by atoms with E-state index in [2.05, 4.69) is 5.92 Å². The lowest BCUT2D eigenvalue weighted by molar-refractivity contribution is -0.388. The number of aromatic carboxylic acids is 1. The first kappa shape index (κ1) is 44.7. The van der Waals surface area contributed by atoms with Gasteiger partial charge in [0, 0.05) is 68.6 Å². The highest BCUT2D eigenvalue weighted by atomic mass is 32.2. The number of rotatable bonds is 12. The number of terminal acetylenes is 1. The third kappa shape index (κ3) is 9.41. The van der Waals surface area contributed by atoms with E-state index in [1.165, 1.54) is 36.4 Å². The smallest absolute Gasteiger partial charge is 0.335 e. The largest absolute Gasteiger partial charge is 0.480 e. The molecule has 0 radical (unpaired) electrons. The van der Waals surface area contributed by atoms with Crippen LogP contribution in [0.3, 0.4) is 0 Å². The predicted octanol–water partition coefficient (Wildman–Crippen LogP) is 3.99. The van der Waals surface area contributed by atoms with E-state index in [1.54, 1.807) is 0 Å². The number of fused-ring (bicyclic) bond motifs is 2. The van der Waals surface area contributed by atoms with Crippen LogP contribution >= 0.6 is 0 Å². The number of nitrogens with zero attached hydrogens (tertiary/aromatic N) is 6. The Hall–Kier alpha value is -6.36. The van der Waals surface area contributed by atoms with E-state index >= 15 is 0 Å². The lowest BCUT2D eigenvalue weighted by Crippen LogP contribution is -2.39. The highest BCUT2D eigenvalue weighted by Crippen LogP contribution is 2.36. The molecule has 0 saturated carbocycles. The number of carboxylic acid groups (broad SMARTS) is 1. The number of hydrogen-bond donors (Lipinski definition) is 1. The zero-order chi connectivity index (χ0) is 44.0. The second-order valence-electron chi connectivity index (χ2n) is 12.9. The molecule has 0 atom stereocenters. The Morgan fingerprint density at radius 2 is 0.967 bits per heavy atom. The number of nitro groups is 3. The van der Waals surface area contributed by atoms with Crippen molar-refractivity contribution in [2.75, 3.05) is 32.8 Å². The lowest BCUT2D eigenvalue weighted by Gasteiger charge is -2.29. The monoisotopic (exact) mass is 886 g/mol. The van der Waals surface area contributed by atoms with Crippen molar-refractivity contribution in [3.63, 3.8) is 0 Å². The number of nitro benzene ring substituents is 3. The summed E-state index contributed by atoms with van der Waals surface area (Å²) in [5, 5.41) is 46.1. The van der Waals surface area contributed by atoms with Crippen molar-refractivity contribution in [1.29, 1.82) is 0 Å². The first-order valence-electron chi connectivity index (χ1n) is 17.5. The molecule has 0 fully saturated rings. The summed E-state index contributed by atoms with van der Waals surface area (Å²) < 4.78 is 94.1. The van der Waals surface area contributed by atoms with Crippen molar-refractivity contribution < 1.29 is 54.7 Å². The molecule has 2 bridgehead atoms. The number of ether oxygens (including phenoxy) is 1. The van der Waals surface area contributed by atoms with E-state index in [9.17, 15) is 65.5 Å². The molecule has 316 valence electrons. The summed E-state index contributed by atoms with van der Waals surface area (Å²) in [6, 6.07) is 15.2. The first-order chi connectivity index (χ1) is 28.3.